The zero-order valence-corrected chi connectivity index (χ0v) is 18.8. The zero-order chi connectivity index (χ0) is 22.5. The number of aromatic nitrogens is 3. The van der Waals surface area contributed by atoms with E-state index in [1.165, 1.54) is 0 Å². The van der Waals surface area contributed by atoms with E-state index in [1.54, 1.807) is 0 Å². The van der Waals surface area contributed by atoms with E-state index in [2.05, 4.69) is 15.4 Å². The second-order valence-electron chi connectivity index (χ2n) is 7.96. The maximum absolute atomic E-state index is 12.6. The lowest BCUT2D eigenvalue weighted by molar-refractivity contribution is -0.121. The van der Waals surface area contributed by atoms with E-state index in [1.807, 2.05) is 86.0 Å². The van der Waals surface area contributed by atoms with Gasteiger partial charge in [-0.15, -0.1) is 0 Å². The molecule has 0 aliphatic rings. The van der Waals surface area contributed by atoms with Crippen molar-refractivity contribution in [3.63, 3.8) is 0 Å². The first-order valence-electron chi connectivity index (χ1n) is 10.8. The Morgan fingerprint density at radius 2 is 1.72 bits per heavy atom. The van der Waals surface area contributed by atoms with Crippen LogP contribution in [0.1, 0.15) is 40.2 Å². The van der Waals surface area contributed by atoms with Gasteiger partial charge in [0.25, 0.3) is 0 Å². The Morgan fingerprint density at radius 1 is 1.00 bits per heavy atom. The van der Waals surface area contributed by atoms with Crippen LogP contribution in [0.4, 0.5) is 0 Å². The van der Waals surface area contributed by atoms with Crippen LogP contribution in [-0.2, 0) is 24.4 Å². The van der Waals surface area contributed by atoms with Gasteiger partial charge in [-0.3, -0.25) is 4.79 Å². The van der Waals surface area contributed by atoms with Gasteiger partial charge >= 0.3 is 0 Å². The van der Waals surface area contributed by atoms with E-state index in [9.17, 15) is 4.79 Å². The topological polar surface area (TPSA) is 68.5 Å². The van der Waals surface area contributed by atoms with Crippen LogP contribution in [0.2, 0.25) is 0 Å². The zero-order valence-electron chi connectivity index (χ0n) is 18.8. The van der Waals surface area contributed by atoms with Gasteiger partial charge in [0, 0.05) is 30.4 Å². The van der Waals surface area contributed by atoms with Crippen molar-refractivity contribution in [2.45, 2.75) is 46.8 Å². The standard InChI is InChI=1S/C26H28N4O2/c1-18-15-25-28-19(2)24(20(3)30(25)29-18)13-14-26(31)27-16-21-9-7-8-10-22(21)17-32-23-11-5-4-6-12-23/h4-12,15H,13-14,16-17H2,1-3H3,(H,27,31). The number of para-hydroxylation sites is 1. The number of carbonyl (C=O) groups is 1. The SMILES string of the molecule is Cc1cc2nc(C)c(CCC(=O)NCc3ccccc3COc3ccccc3)c(C)n2n1. The summed E-state index contributed by atoms with van der Waals surface area (Å²) >= 11 is 0. The van der Waals surface area contributed by atoms with E-state index in [0.717, 1.165) is 45.2 Å². The molecule has 4 rings (SSSR count). The first kappa shape index (κ1) is 21.6. The van der Waals surface area contributed by atoms with Crippen LogP contribution in [-0.4, -0.2) is 20.5 Å². The van der Waals surface area contributed by atoms with Gasteiger partial charge in [-0.1, -0.05) is 42.5 Å². The number of nitrogens with zero attached hydrogens (tertiary/aromatic N) is 3. The number of rotatable bonds is 8. The maximum Gasteiger partial charge on any atom is 0.220 e. The van der Waals surface area contributed by atoms with E-state index in [4.69, 9.17) is 4.74 Å². The molecular weight excluding hydrogens is 400 g/mol. The molecule has 0 radical (unpaired) electrons. The van der Waals surface area contributed by atoms with Gasteiger partial charge in [-0.25, -0.2) is 9.50 Å². The fraction of sp³-hybridized carbons (Fsp3) is 0.269. The molecule has 1 N–H and O–H groups in total. The average Bonchev–Trinajstić information content (AvgIpc) is 3.17. The molecule has 2 aromatic heterocycles. The summed E-state index contributed by atoms with van der Waals surface area (Å²) in [4.78, 5) is 17.2. The number of hydrogen-bond donors (Lipinski definition) is 1. The van der Waals surface area contributed by atoms with E-state index >= 15 is 0 Å². The first-order chi connectivity index (χ1) is 15.5. The second kappa shape index (κ2) is 9.64. The maximum atomic E-state index is 12.6. The predicted octanol–water partition coefficient (Wildman–Crippen LogP) is 4.48. The molecule has 0 aliphatic carbocycles. The van der Waals surface area contributed by atoms with Gasteiger partial charge in [-0.05, 0) is 56.0 Å². The third-order valence-electron chi connectivity index (χ3n) is 5.62. The third kappa shape index (κ3) is 4.97. The number of fused-ring (bicyclic) bond motifs is 1. The molecule has 32 heavy (non-hydrogen) atoms. The summed E-state index contributed by atoms with van der Waals surface area (Å²) in [6.45, 7) is 6.92. The van der Waals surface area contributed by atoms with Crippen molar-refractivity contribution in [3.05, 3.63) is 94.4 Å². The van der Waals surface area contributed by atoms with E-state index in [-0.39, 0.29) is 5.91 Å². The van der Waals surface area contributed by atoms with Crippen LogP contribution in [0.5, 0.6) is 5.75 Å². The van der Waals surface area contributed by atoms with Gasteiger partial charge in [0.05, 0.1) is 5.69 Å². The summed E-state index contributed by atoms with van der Waals surface area (Å²) < 4.78 is 7.74. The van der Waals surface area contributed by atoms with Crippen LogP contribution in [0.15, 0.2) is 60.7 Å². The minimum Gasteiger partial charge on any atom is -0.489 e. The molecule has 164 valence electrons. The molecule has 0 fully saturated rings. The number of carbonyl (C=O) groups excluding carboxylic acids is 1. The Hall–Kier alpha value is -3.67. The van der Waals surface area contributed by atoms with Gasteiger partial charge in [0.2, 0.25) is 5.91 Å². The molecule has 0 aliphatic heterocycles. The molecule has 0 bridgehead atoms. The van der Waals surface area contributed by atoms with Crippen molar-refractivity contribution < 1.29 is 9.53 Å². The number of aryl methyl sites for hydroxylation is 3. The lowest BCUT2D eigenvalue weighted by Gasteiger charge is -2.13. The first-order valence-corrected chi connectivity index (χ1v) is 10.8. The normalized spacial score (nSPS) is 11.0. The molecular formula is C26H28N4O2. The van der Waals surface area contributed by atoms with Gasteiger partial charge in [-0.2, -0.15) is 5.10 Å². The van der Waals surface area contributed by atoms with E-state index in [0.29, 0.717) is 26.0 Å². The Labute approximate surface area is 188 Å². The van der Waals surface area contributed by atoms with Gasteiger partial charge in [0.15, 0.2) is 5.65 Å². The molecule has 0 unspecified atom stereocenters. The molecule has 0 spiro atoms. The summed E-state index contributed by atoms with van der Waals surface area (Å²) in [5.41, 5.74) is 6.96. The minimum absolute atomic E-state index is 0.0133. The average molecular weight is 429 g/mol. The largest absolute Gasteiger partial charge is 0.489 e. The summed E-state index contributed by atoms with van der Waals surface area (Å²) in [7, 11) is 0. The molecule has 4 aromatic rings. The minimum atomic E-state index is 0.0133. The highest BCUT2D eigenvalue weighted by Gasteiger charge is 2.13. The molecule has 2 heterocycles. The summed E-state index contributed by atoms with van der Waals surface area (Å²) in [6.07, 6.45) is 1.03. The van der Waals surface area contributed by atoms with E-state index < -0.39 is 0 Å². The fourth-order valence-corrected chi connectivity index (χ4v) is 3.87. The van der Waals surface area contributed by atoms with Crippen LogP contribution < -0.4 is 10.1 Å². The summed E-state index contributed by atoms with van der Waals surface area (Å²) in [5, 5.41) is 7.56. The predicted molar refractivity (Wildman–Crippen MR) is 125 cm³/mol. The smallest absolute Gasteiger partial charge is 0.220 e. The number of amides is 1. The number of benzene rings is 2. The highest BCUT2D eigenvalue weighted by Crippen LogP contribution is 2.18. The van der Waals surface area contributed by atoms with Crippen molar-refractivity contribution in [1.29, 1.82) is 0 Å². The Balaban J connectivity index is 1.35. The molecule has 0 atom stereocenters. The number of nitrogens with one attached hydrogen (secondary N) is 1. The quantitative estimate of drug-likeness (QED) is 0.449. The number of ether oxygens (including phenoxy) is 1. The Kier molecular flexibility index (Phi) is 6.50. The van der Waals surface area contributed by atoms with Crippen molar-refractivity contribution in [3.8, 4) is 5.75 Å². The van der Waals surface area contributed by atoms with Crippen LogP contribution in [0.25, 0.3) is 5.65 Å². The Bertz CT molecular complexity index is 1230. The third-order valence-corrected chi connectivity index (χ3v) is 5.62. The number of hydrogen-bond acceptors (Lipinski definition) is 4. The highest BCUT2D eigenvalue weighted by molar-refractivity contribution is 5.76. The highest BCUT2D eigenvalue weighted by atomic mass is 16.5. The fourth-order valence-electron chi connectivity index (χ4n) is 3.87. The van der Waals surface area contributed by atoms with Crippen molar-refractivity contribution >= 4 is 11.6 Å². The van der Waals surface area contributed by atoms with Gasteiger partial charge in [0.1, 0.15) is 12.4 Å². The van der Waals surface area contributed by atoms with Crippen LogP contribution in [0, 0.1) is 20.8 Å². The Morgan fingerprint density at radius 3 is 2.50 bits per heavy atom. The second-order valence-corrected chi connectivity index (χ2v) is 7.96. The molecule has 1 amide bonds. The summed E-state index contributed by atoms with van der Waals surface area (Å²) in [6, 6.07) is 19.7. The van der Waals surface area contributed by atoms with Crippen LogP contribution in [0.3, 0.4) is 0 Å². The van der Waals surface area contributed by atoms with Crippen molar-refractivity contribution in [2.75, 3.05) is 0 Å². The van der Waals surface area contributed by atoms with Crippen molar-refractivity contribution in [2.24, 2.45) is 0 Å². The molecule has 6 heteroatoms. The van der Waals surface area contributed by atoms with Gasteiger partial charge < -0.3 is 10.1 Å². The van der Waals surface area contributed by atoms with Crippen LogP contribution >= 0.6 is 0 Å². The van der Waals surface area contributed by atoms with Crippen molar-refractivity contribution in [1.82, 2.24) is 19.9 Å². The molecule has 6 nitrogen and oxygen atoms in total. The lowest BCUT2D eigenvalue weighted by Crippen LogP contribution is -2.24. The molecule has 0 saturated heterocycles. The monoisotopic (exact) mass is 428 g/mol. The lowest BCUT2D eigenvalue weighted by atomic mass is 10.1. The summed E-state index contributed by atoms with van der Waals surface area (Å²) in [5.74, 6) is 0.842. The molecule has 2 aromatic carbocycles. The molecule has 0 saturated carbocycles.